The van der Waals surface area contributed by atoms with Gasteiger partial charge in [0, 0.05) is 0 Å². The van der Waals surface area contributed by atoms with Crippen molar-refractivity contribution >= 4 is 11.8 Å². The second-order valence-electron chi connectivity index (χ2n) is 4.82. The van der Waals surface area contributed by atoms with Crippen molar-refractivity contribution in [3.05, 3.63) is 29.8 Å². The van der Waals surface area contributed by atoms with E-state index in [4.69, 9.17) is 9.47 Å². The van der Waals surface area contributed by atoms with Crippen molar-refractivity contribution in [1.82, 2.24) is 0 Å². The topological polar surface area (TPSA) is 52.6 Å². The number of hydrogen-bond acceptors (Lipinski definition) is 4. The number of benzene rings is 1. The maximum absolute atomic E-state index is 12.0. The third-order valence-corrected chi connectivity index (χ3v) is 2.94. The fourth-order valence-electron chi connectivity index (χ4n) is 1.47. The first-order valence-electron chi connectivity index (χ1n) is 6.28. The summed E-state index contributed by atoms with van der Waals surface area (Å²) in [6, 6.07) is 7.42. The van der Waals surface area contributed by atoms with Crippen molar-refractivity contribution in [2.75, 3.05) is 13.2 Å². The first-order valence-corrected chi connectivity index (χ1v) is 6.28. The van der Waals surface area contributed by atoms with Gasteiger partial charge in [-0.25, -0.2) is 0 Å². The van der Waals surface area contributed by atoms with Gasteiger partial charge in [-0.1, -0.05) is 18.2 Å². The first-order chi connectivity index (χ1) is 8.89. The van der Waals surface area contributed by atoms with Gasteiger partial charge < -0.3 is 9.47 Å². The van der Waals surface area contributed by atoms with E-state index in [0.29, 0.717) is 5.75 Å². The lowest BCUT2D eigenvalue weighted by Gasteiger charge is -2.21. The average Bonchev–Trinajstić information content (AvgIpc) is 2.37. The van der Waals surface area contributed by atoms with E-state index >= 15 is 0 Å². The van der Waals surface area contributed by atoms with Gasteiger partial charge in [-0.05, 0) is 39.3 Å². The summed E-state index contributed by atoms with van der Waals surface area (Å²) in [6.45, 7) is 6.83. The standard InChI is InChI=1S/C15H20O4/c1-5-18-14(17)15(3,4)13(16)10-19-12-9-7-6-8-11(12)2/h6-9H,5,10H2,1-4H3. The lowest BCUT2D eigenvalue weighted by molar-refractivity contribution is -0.158. The second kappa shape index (κ2) is 6.36. The molecule has 1 aromatic rings. The molecule has 0 aliphatic heterocycles. The van der Waals surface area contributed by atoms with Crippen LogP contribution in [0.25, 0.3) is 0 Å². The van der Waals surface area contributed by atoms with Crippen LogP contribution in [0.1, 0.15) is 26.3 Å². The van der Waals surface area contributed by atoms with E-state index in [9.17, 15) is 9.59 Å². The van der Waals surface area contributed by atoms with Gasteiger partial charge in [0.2, 0.25) is 0 Å². The van der Waals surface area contributed by atoms with E-state index in [1.54, 1.807) is 26.8 Å². The molecule has 0 amide bonds. The highest BCUT2D eigenvalue weighted by Crippen LogP contribution is 2.21. The van der Waals surface area contributed by atoms with E-state index in [0.717, 1.165) is 5.56 Å². The van der Waals surface area contributed by atoms with Gasteiger partial charge in [-0.15, -0.1) is 0 Å². The van der Waals surface area contributed by atoms with Crippen LogP contribution in [0.2, 0.25) is 0 Å². The minimum atomic E-state index is -1.18. The maximum Gasteiger partial charge on any atom is 0.319 e. The highest BCUT2D eigenvalue weighted by atomic mass is 16.5. The van der Waals surface area contributed by atoms with Gasteiger partial charge in [-0.3, -0.25) is 9.59 Å². The maximum atomic E-state index is 12.0. The molecule has 0 bridgehead atoms. The van der Waals surface area contributed by atoms with Gasteiger partial charge >= 0.3 is 5.97 Å². The van der Waals surface area contributed by atoms with E-state index in [-0.39, 0.29) is 19.0 Å². The molecule has 0 fully saturated rings. The Balaban J connectivity index is 2.65. The Labute approximate surface area is 113 Å². The van der Waals surface area contributed by atoms with Gasteiger partial charge in [0.1, 0.15) is 17.8 Å². The molecule has 0 aromatic heterocycles. The van der Waals surface area contributed by atoms with Crippen molar-refractivity contribution in [2.24, 2.45) is 5.41 Å². The summed E-state index contributed by atoms with van der Waals surface area (Å²) in [5, 5.41) is 0. The summed E-state index contributed by atoms with van der Waals surface area (Å²) in [6.07, 6.45) is 0. The fourth-order valence-corrected chi connectivity index (χ4v) is 1.47. The van der Waals surface area contributed by atoms with Crippen molar-refractivity contribution < 1.29 is 19.1 Å². The zero-order valence-electron chi connectivity index (χ0n) is 11.9. The van der Waals surface area contributed by atoms with Crippen LogP contribution < -0.4 is 4.74 Å². The Bertz CT molecular complexity index is 463. The Kier molecular flexibility index (Phi) is 5.10. The molecular formula is C15H20O4. The van der Waals surface area contributed by atoms with Crippen LogP contribution in [0.15, 0.2) is 24.3 Å². The molecule has 0 spiro atoms. The second-order valence-corrected chi connectivity index (χ2v) is 4.82. The van der Waals surface area contributed by atoms with Gasteiger partial charge in [0.15, 0.2) is 5.78 Å². The van der Waals surface area contributed by atoms with Crippen LogP contribution in [-0.4, -0.2) is 25.0 Å². The largest absolute Gasteiger partial charge is 0.486 e. The smallest absolute Gasteiger partial charge is 0.319 e. The van der Waals surface area contributed by atoms with Crippen LogP contribution in [0.3, 0.4) is 0 Å². The third kappa shape index (κ3) is 3.81. The Morgan fingerprint density at radius 2 is 1.84 bits per heavy atom. The SMILES string of the molecule is CCOC(=O)C(C)(C)C(=O)COc1ccccc1C. The first kappa shape index (κ1) is 15.2. The number of carbonyl (C=O) groups is 2. The van der Waals surface area contributed by atoms with E-state index < -0.39 is 11.4 Å². The molecular weight excluding hydrogens is 244 g/mol. The molecule has 0 saturated heterocycles. The summed E-state index contributed by atoms with van der Waals surface area (Å²) in [4.78, 5) is 23.7. The van der Waals surface area contributed by atoms with Gasteiger partial charge in [0.25, 0.3) is 0 Å². The third-order valence-electron chi connectivity index (χ3n) is 2.94. The van der Waals surface area contributed by atoms with Crippen molar-refractivity contribution in [3.8, 4) is 5.75 Å². The molecule has 0 heterocycles. The number of esters is 1. The van der Waals surface area contributed by atoms with Crippen LogP contribution in [0.4, 0.5) is 0 Å². The molecule has 0 unspecified atom stereocenters. The molecule has 4 heteroatoms. The average molecular weight is 264 g/mol. The molecule has 0 aliphatic carbocycles. The number of hydrogen-bond donors (Lipinski definition) is 0. The Morgan fingerprint density at radius 3 is 2.42 bits per heavy atom. The molecule has 1 aromatic carbocycles. The normalized spacial score (nSPS) is 10.9. The van der Waals surface area contributed by atoms with Gasteiger partial charge in [0.05, 0.1) is 6.61 Å². The molecule has 104 valence electrons. The van der Waals surface area contributed by atoms with Crippen LogP contribution in [-0.2, 0) is 14.3 Å². The number of carbonyl (C=O) groups excluding carboxylic acids is 2. The minimum absolute atomic E-state index is 0.142. The molecule has 0 saturated carbocycles. The van der Waals surface area contributed by atoms with E-state index in [1.807, 2.05) is 25.1 Å². The van der Waals surface area contributed by atoms with Gasteiger partial charge in [-0.2, -0.15) is 0 Å². The lowest BCUT2D eigenvalue weighted by atomic mass is 9.88. The van der Waals surface area contributed by atoms with Crippen LogP contribution in [0, 0.1) is 12.3 Å². The molecule has 19 heavy (non-hydrogen) atoms. The Hall–Kier alpha value is -1.84. The zero-order chi connectivity index (χ0) is 14.5. The number of aryl methyl sites for hydroxylation is 1. The van der Waals surface area contributed by atoms with Crippen LogP contribution >= 0.6 is 0 Å². The molecule has 0 N–H and O–H groups in total. The summed E-state index contributed by atoms with van der Waals surface area (Å²) >= 11 is 0. The van der Waals surface area contributed by atoms with E-state index in [1.165, 1.54) is 0 Å². The summed E-state index contributed by atoms with van der Waals surface area (Å²) in [7, 11) is 0. The predicted molar refractivity (Wildman–Crippen MR) is 72.1 cm³/mol. The minimum Gasteiger partial charge on any atom is -0.486 e. The number of para-hydroxylation sites is 1. The number of Topliss-reactive ketones (excluding diaryl/α,β-unsaturated/α-hetero) is 1. The molecule has 4 nitrogen and oxygen atoms in total. The summed E-state index contributed by atoms with van der Waals surface area (Å²) < 4.78 is 10.3. The molecule has 1 rings (SSSR count). The van der Waals surface area contributed by atoms with Crippen molar-refractivity contribution in [3.63, 3.8) is 0 Å². The molecule has 0 aliphatic rings. The van der Waals surface area contributed by atoms with Crippen molar-refractivity contribution in [2.45, 2.75) is 27.7 Å². The predicted octanol–water partition coefficient (Wildman–Crippen LogP) is 2.53. The molecule has 0 atom stereocenters. The highest BCUT2D eigenvalue weighted by Gasteiger charge is 2.37. The molecule has 0 radical (unpaired) electrons. The summed E-state index contributed by atoms with van der Waals surface area (Å²) in [5.74, 6) is -0.168. The van der Waals surface area contributed by atoms with E-state index in [2.05, 4.69) is 0 Å². The fraction of sp³-hybridized carbons (Fsp3) is 0.467. The van der Waals surface area contributed by atoms with Crippen LogP contribution in [0.5, 0.6) is 5.75 Å². The monoisotopic (exact) mass is 264 g/mol. The zero-order valence-corrected chi connectivity index (χ0v) is 11.9. The highest BCUT2D eigenvalue weighted by molar-refractivity contribution is 6.03. The summed E-state index contributed by atoms with van der Waals surface area (Å²) in [5.41, 5.74) is -0.233. The number of ether oxygens (including phenoxy) is 2. The quantitative estimate of drug-likeness (QED) is 0.585. The number of rotatable bonds is 6. The lowest BCUT2D eigenvalue weighted by Crippen LogP contribution is -2.38. The Morgan fingerprint density at radius 1 is 1.21 bits per heavy atom. The number of ketones is 1. The van der Waals surface area contributed by atoms with Crippen molar-refractivity contribution in [1.29, 1.82) is 0 Å².